The van der Waals surface area contributed by atoms with Gasteiger partial charge in [-0.3, -0.25) is 9.20 Å². The molecule has 1 aromatic rings. The standard InChI is InChI=1S/C17H29N3O2S/c1-17(2,3)23(22)11-10-19-16(18-4)20-12-15(13-21)14-8-6-5-7-9-14/h5-9,15,21H,10-13H2,1-4H3,(H2,18,19,20). The number of hydrogen-bond donors (Lipinski definition) is 3. The minimum Gasteiger partial charge on any atom is -0.396 e. The van der Waals surface area contributed by atoms with Gasteiger partial charge in [-0.1, -0.05) is 30.3 Å². The van der Waals surface area contributed by atoms with Crippen molar-refractivity contribution in [3.05, 3.63) is 35.9 Å². The van der Waals surface area contributed by atoms with Gasteiger partial charge in [0.2, 0.25) is 0 Å². The molecule has 130 valence electrons. The lowest BCUT2D eigenvalue weighted by Crippen LogP contribution is -2.42. The molecule has 0 aromatic heterocycles. The molecule has 2 unspecified atom stereocenters. The normalized spacial score (nSPS) is 15.1. The average molecular weight is 340 g/mol. The Morgan fingerprint density at radius 3 is 2.43 bits per heavy atom. The van der Waals surface area contributed by atoms with Crippen LogP contribution in [-0.4, -0.2) is 52.5 Å². The van der Waals surface area contributed by atoms with Crippen LogP contribution in [-0.2, 0) is 10.8 Å². The van der Waals surface area contributed by atoms with E-state index in [2.05, 4.69) is 15.6 Å². The number of aliphatic hydroxyl groups is 1. The van der Waals surface area contributed by atoms with Gasteiger partial charge in [0.15, 0.2) is 5.96 Å². The lowest BCUT2D eigenvalue weighted by atomic mass is 10.0. The smallest absolute Gasteiger partial charge is 0.191 e. The molecule has 3 N–H and O–H groups in total. The van der Waals surface area contributed by atoms with Gasteiger partial charge in [-0.2, -0.15) is 0 Å². The summed E-state index contributed by atoms with van der Waals surface area (Å²) in [6.45, 7) is 7.18. The first-order chi connectivity index (χ1) is 10.9. The predicted molar refractivity (Wildman–Crippen MR) is 98.4 cm³/mol. The quantitative estimate of drug-likeness (QED) is 0.520. The Morgan fingerprint density at radius 1 is 1.26 bits per heavy atom. The molecule has 2 atom stereocenters. The van der Waals surface area contributed by atoms with E-state index in [9.17, 15) is 9.32 Å². The SMILES string of the molecule is CN=C(NCCS(=O)C(C)(C)C)NCC(CO)c1ccccc1. The second-order valence-electron chi connectivity index (χ2n) is 6.33. The summed E-state index contributed by atoms with van der Waals surface area (Å²) in [6.07, 6.45) is 0. The van der Waals surface area contributed by atoms with Crippen LogP contribution in [0.25, 0.3) is 0 Å². The van der Waals surface area contributed by atoms with Crippen LogP contribution in [0.5, 0.6) is 0 Å². The highest BCUT2D eigenvalue weighted by Crippen LogP contribution is 2.13. The van der Waals surface area contributed by atoms with Crippen LogP contribution in [0, 0.1) is 0 Å². The molecule has 23 heavy (non-hydrogen) atoms. The summed E-state index contributed by atoms with van der Waals surface area (Å²) in [7, 11) is 0.816. The van der Waals surface area contributed by atoms with Crippen molar-refractivity contribution in [1.82, 2.24) is 10.6 Å². The number of hydrogen-bond acceptors (Lipinski definition) is 3. The van der Waals surface area contributed by atoms with Crippen molar-refractivity contribution in [3.8, 4) is 0 Å². The lowest BCUT2D eigenvalue weighted by molar-refractivity contribution is 0.265. The molecule has 0 amide bonds. The van der Waals surface area contributed by atoms with Gasteiger partial charge < -0.3 is 15.7 Å². The van der Waals surface area contributed by atoms with Crippen LogP contribution in [0.3, 0.4) is 0 Å². The average Bonchev–Trinajstić information content (AvgIpc) is 2.53. The number of guanidine groups is 1. The molecule has 1 rings (SSSR count). The van der Waals surface area contributed by atoms with E-state index in [1.165, 1.54) is 0 Å². The Bertz CT molecular complexity index is 512. The van der Waals surface area contributed by atoms with E-state index in [0.29, 0.717) is 24.8 Å². The van der Waals surface area contributed by atoms with Crippen LogP contribution in [0.4, 0.5) is 0 Å². The topological polar surface area (TPSA) is 73.7 Å². The molecule has 0 aliphatic rings. The maximum Gasteiger partial charge on any atom is 0.191 e. The van der Waals surface area contributed by atoms with Gasteiger partial charge in [-0.15, -0.1) is 0 Å². The maximum atomic E-state index is 12.0. The van der Waals surface area contributed by atoms with Crippen LogP contribution < -0.4 is 10.6 Å². The van der Waals surface area contributed by atoms with Crippen molar-refractivity contribution in [1.29, 1.82) is 0 Å². The molecule has 0 aliphatic heterocycles. The zero-order valence-corrected chi connectivity index (χ0v) is 15.3. The van der Waals surface area contributed by atoms with Gasteiger partial charge in [-0.25, -0.2) is 0 Å². The molecule has 0 saturated heterocycles. The van der Waals surface area contributed by atoms with Crippen LogP contribution in [0.2, 0.25) is 0 Å². The zero-order valence-electron chi connectivity index (χ0n) is 14.5. The van der Waals surface area contributed by atoms with Crippen LogP contribution in [0.15, 0.2) is 35.3 Å². The van der Waals surface area contributed by atoms with Crippen molar-refractivity contribution in [2.45, 2.75) is 31.4 Å². The summed E-state index contributed by atoms with van der Waals surface area (Å²) < 4.78 is 11.8. The Hall–Kier alpha value is -1.40. The van der Waals surface area contributed by atoms with Gasteiger partial charge in [0.25, 0.3) is 0 Å². The Balaban J connectivity index is 2.43. The number of nitrogens with one attached hydrogen (secondary N) is 2. The summed E-state index contributed by atoms with van der Waals surface area (Å²) in [6, 6.07) is 9.90. The fraction of sp³-hybridized carbons (Fsp3) is 0.588. The molecule has 0 saturated carbocycles. The monoisotopic (exact) mass is 339 g/mol. The number of nitrogens with zero attached hydrogens (tertiary/aromatic N) is 1. The van der Waals surface area contributed by atoms with E-state index in [1.807, 2.05) is 51.1 Å². The Kier molecular flexibility index (Phi) is 8.26. The number of aliphatic imine (C=N–C) groups is 1. The second kappa shape index (κ2) is 9.67. The molecular weight excluding hydrogens is 310 g/mol. The van der Waals surface area contributed by atoms with E-state index in [0.717, 1.165) is 5.56 Å². The lowest BCUT2D eigenvalue weighted by Gasteiger charge is -2.20. The highest BCUT2D eigenvalue weighted by Gasteiger charge is 2.18. The molecule has 0 bridgehead atoms. The highest BCUT2D eigenvalue weighted by atomic mass is 32.2. The summed E-state index contributed by atoms with van der Waals surface area (Å²) in [5, 5.41) is 15.9. The van der Waals surface area contributed by atoms with Gasteiger partial charge in [-0.05, 0) is 26.3 Å². The molecule has 1 aromatic carbocycles. The Morgan fingerprint density at radius 2 is 1.91 bits per heavy atom. The number of aliphatic hydroxyl groups excluding tert-OH is 1. The fourth-order valence-electron chi connectivity index (χ4n) is 2.02. The molecule has 0 radical (unpaired) electrons. The summed E-state index contributed by atoms with van der Waals surface area (Å²) in [5.41, 5.74) is 1.09. The van der Waals surface area contributed by atoms with Crippen molar-refractivity contribution < 1.29 is 9.32 Å². The third-order valence-electron chi connectivity index (χ3n) is 3.49. The zero-order chi connectivity index (χ0) is 17.3. The summed E-state index contributed by atoms with van der Waals surface area (Å²) >= 11 is 0. The minimum absolute atomic E-state index is 0.0125. The fourth-order valence-corrected chi connectivity index (χ4v) is 2.92. The van der Waals surface area contributed by atoms with E-state index in [4.69, 9.17) is 0 Å². The maximum absolute atomic E-state index is 12.0. The molecular formula is C17H29N3O2S. The molecule has 0 aliphatic carbocycles. The van der Waals surface area contributed by atoms with Gasteiger partial charge in [0.1, 0.15) is 0 Å². The molecule has 0 spiro atoms. The Labute approximate surface area is 142 Å². The van der Waals surface area contributed by atoms with Crippen LogP contribution in [0.1, 0.15) is 32.3 Å². The molecule has 0 heterocycles. The van der Waals surface area contributed by atoms with Crippen molar-refractivity contribution in [2.75, 3.05) is 32.5 Å². The van der Waals surface area contributed by atoms with Crippen molar-refractivity contribution in [3.63, 3.8) is 0 Å². The van der Waals surface area contributed by atoms with Gasteiger partial charge >= 0.3 is 0 Å². The molecule has 6 heteroatoms. The van der Waals surface area contributed by atoms with Gasteiger partial charge in [0.05, 0.1) is 6.61 Å². The van der Waals surface area contributed by atoms with E-state index in [1.54, 1.807) is 7.05 Å². The minimum atomic E-state index is -0.885. The van der Waals surface area contributed by atoms with Crippen molar-refractivity contribution in [2.24, 2.45) is 4.99 Å². The van der Waals surface area contributed by atoms with E-state index >= 15 is 0 Å². The van der Waals surface area contributed by atoms with Crippen molar-refractivity contribution >= 4 is 16.8 Å². The molecule has 0 fully saturated rings. The second-order valence-corrected chi connectivity index (χ2v) is 8.66. The third kappa shape index (κ3) is 7.14. The van der Waals surface area contributed by atoms with E-state index < -0.39 is 10.8 Å². The van der Waals surface area contributed by atoms with Gasteiger partial charge in [0, 0.05) is 47.4 Å². The highest BCUT2D eigenvalue weighted by molar-refractivity contribution is 7.86. The van der Waals surface area contributed by atoms with Crippen LogP contribution >= 0.6 is 0 Å². The molecule has 5 nitrogen and oxygen atoms in total. The summed E-state index contributed by atoms with van der Waals surface area (Å²) in [5.74, 6) is 1.25. The van der Waals surface area contributed by atoms with E-state index in [-0.39, 0.29) is 17.3 Å². The first-order valence-corrected chi connectivity index (χ1v) is 9.19. The largest absolute Gasteiger partial charge is 0.396 e. The number of rotatable bonds is 7. The summed E-state index contributed by atoms with van der Waals surface area (Å²) in [4.78, 5) is 4.16. The first kappa shape index (κ1) is 19.6. The predicted octanol–water partition coefficient (Wildman–Crippen LogP) is 1.47. The number of benzene rings is 1. The first-order valence-electron chi connectivity index (χ1n) is 7.87. The third-order valence-corrected chi connectivity index (χ3v) is 5.43.